The highest BCUT2D eigenvalue weighted by Gasteiger charge is 2.35. The molecular weight excluding hydrogens is 190 g/mol. The number of fused-ring (bicyclic) bond motifs is 1. The Labute approximate surface area is 78.4 Å². The lowest BCUT2D eigenvalue weighted by molar-refractivity contribution is 0.0781. The molecule has 13 heavy (non-hydrogen) atoms. The average molecular weight is 197 g/mol. The number of aldehydes is 1. The molecule has 0 radical (unpaired) electrons. The van der Waals surface area contributed by atoms with Crippen molar-refractivity contribution >= 4 is 29.1 Å². The van der Waals surface area contributed by atoms with Crippen molar-refractivity contribution in [3.63, 3.8) is 0 Å². The summed E-state index contributed by atoms with van der Waals surface area (Å²) in [5, 5.41) is 9.33. The van der Waals surface area contributed by atoms with Gasteiger partial charge in [-0.05, 0) is 6.07 Å². The van der Waals surface area contributed by atoms with Gasteiger partial charge in [-0.3, -0.25) is 9.59 Å². The molecule has 1 aliphatic heterocycles. The van der Waals surface area contributed by atoms with E-state index in [4.69, 9.17) is 0 Å². The first kappa shape index (κ1) is 8.40. The van der Waals surface area contributed by atoms with Gasteiger partial charge in [0.2, 0.25) is 5.78 Å². The van der Waals surface area contributed by atoms with Crippen LogP contribution in [0.4, 0.5) is 5.69 Å². The fourth-order valence-corrected chi connectivity index (χ4v) is 2.29. The van der Waals surface area contributed by atoms with Crippen LogP contribution in [0.5, 0.6) is 0 Å². The lowest BCUT2D eigenvalue weighted by atomic mass is 10.3. The largest absolute Gasteiger partial charge is 0.367 e. The van der Waals surface area contributed by atoms with E-state index in [1.165, 1.54) is 4.90 Å². The quantitative estimate of drug-likeness (QED) is 0.666. The molecule has 2 rings (SSSR count). The number of aliphatic hydroxyl groups excluding tert-OH is 1. The van der Waals surface area contributed by atoms with E-state index >= 15 is 0 Å². The van der Waals surface area contributed by atoms with Crippen LogP contribution in [0.25, 0.3) is 0 Å². The molecule has 1 N–H and O–H groups in total. The molecule has 0 saturated heterocycles. The maximum Gasteiger partial charge on any atom is 0.224 e. The first-order valence-electron chi connectivity index (χ1n) is 3.69. The Morgan fingerprint density at radius 1 is 1.69 bits per heavy atom. The van der Waals surface area contributed by atoms with Crippen LogP contribution in [0.2, 0.25) is 0 Å². The van der Waals surface area contributed by atoms with Crippen molar-refractivity contribution in [2.75, 3.05) is 11.9 Å². The van der Waals surface area contributed by atoms with Crippen LogP contribution in [-0.4, -0.2) is 30.5 Å². The number of nitrogens with zero attached hydrogens (tertiary/aromatic N) is 1. The van der Waals surface area contributed by atoms with E-state index in [9.17, 15) is 14.7 Å². The van der Waals surface area contributed by atoms with Crippen molar-refractivity contribution in [3.05, 3.63) is 15.8 Å². The van der Waals surface area contributed by atoms with Crippen LogP contribution in [0.15, 0.2) is 6.07 Å². The van der Waals surface area contributed by atoms with Crippen LogP contribution in [0, 0.1) is 0 Å². The van der Waals surface area contributed by atoms with Gasteiger partial charge in [0.15, 0.2) is 12.5 Å². The van der Waals surface area contributed by atoms with Crippen molar-refractivity contribution < 1.29 is 14.7 Å². The number of anilines is 1. The second-order valence-corrected chi connectivity index (χ2v) is 3.91. The number of hydrogen-bond donors (Lipinski definition) is 1. The number of ketones is 1. The van der Waals surface area contributed by atoms with Crippen LogP contribution in [0.3, 0.4) is 0 Å². The Kier molecular flexibility index (Phi) is 1.71. The Morgan fingerprint density at radius 2 is 2.38 bits per heavy atom. The fraction of sp³-hybridized carbons (Fsp3) is 0.250. The number of likely N-dealkylation sites (N-methyl/N-ethyl adjacent to an activating group) is 1. The number of thiophene rings is 1. The molecule has 68 valence electrons. The van der Waals surface area contributed by atoms with Crippen molar-refractivity contribution in [2.45, 2.75) is 6.23 Å². The monoisotopic (exact) mass is 197 g/mol. The summed E-state index contributed by atoms with van der Waals surface area (Å²) < 4.78 is 0. The van der Waals surface area contributed by atoms with Crippen LogP contribution < -0.4 is 4.90 Å². The molecule has 5 heteroatoms. The smallest absolute Gasteiger partial charge is 0.224 e. The molecule has 4 nitrogen and oxygen atoms in total. The topological polar surface area (TPSA) is 57.6 Å². The van der Waals surface area contributed by atoms with Crippen LogP contribution >= 0.6 is 11.3 Å². The summed E-state index contributed by atoms with van der Waals surface area (Å²) >= 11 is 1.12. The van der Waals surface area contributed by atoms with Gasteiger partial charge in [-0.2, -0.15) is 0 Å². The van der Waals surface area contributed by atoms with E-state index in [2.05, 4.69) is 0 Å². The first-order chi connectivity index (χ1) is 6.15. The number of hydrogen-bond acceptors (Lipinski definition) is 5. The molecule has 0 saturated carbocycles. The number of Topliss-reactive ketones (excluding diaryl/α,β-unsaturated/α-hetero) is 1. The predicted octanol–water partition coefficient (Wildman–Crippen LogP) is 0.512. The number of rotatable bonds is 1. The minimum Gasteiger partial charge on any atom is -0.367 e. The van der Waals surface area contributed by atoms with E-state index in [-0.39, 0.29) is 5.78 Å². The number of aliphatic hydroxyl groups is 1. The molecule has 0 aromatic carbocycles. The van der Waals surface area contributed by atoms with Gasteiger partial charge in [-0.15, -0.1) is 11.3 Å². The maximum absolute atomic E-state index is 11.3. The zero-order chi connectivity index (χ0) is 9.59. The predicted molar refractivity (Wildman–Crippen MR) is 48.4 cm³/mol. The Morgan fingerprint density at radius 3 is 2.92 bits per heavy atom. The van der Waals surface area contributed by atoms with Crippen molar-refractivity contribution in [1.82, 2.24) is 0 Å². The van der Waals surface area contributed by atoms with Crippen molar-refractivity contribution in [2.24, 2.45) is 0 Å². The van der Waals surface area contributed by atoms with E-state index in [1.54, 1.807) is 13.1 Å². The van der Waals surface area contributed by atoms with Gasteiger partial charge in [-0.25, -0.2) is 0 Å². The zero-order valence-electron chi connectivity index (χ0n) is 6.85. The molecule has 0 fully saturated rings. The van der Waals surface area contributed by atoms with Gasteiger partial charge in [0, 0.05) is 7.05 Å². The summed E-state index contributed by atoms with van der Waals surface area (Å²) in [6.45, 7) is 0. The normalized spacial score (nSPS) is 20.6. The van der Waals surface area contributed by atoms with Crippen LogP contribution in [0.1, 0.15) is 19.3 Å². The number of carbonyl (C=O) groups excluding carboxylic acids is 2. The van der Waals surface area contributed by atoms with Gasteiger partial charge in [0.1, 0.15) is 0 Å². The minimum absolute atomic E-state index is 0.324. The summed E-state index contributed by atoms with van der Waals surface area (Å²) in [6, 6.07) is 1.61. The molecule has 0 amide bonds. The van der Waals surface area contributed by atoms with Gasteiger partial charge >= 0.3 is 0 Å². The molecule has 1 aromatic heterocycles. The SMILES string of the molecule is CN1c2cc(C=O)sc2C(=O)C1O. The minimum atomic E-state index is -1.08. The highest BCUT2D eigenvalue weighted by atomic mass is 32.1. The van der Waals surface area contributed by atoms with Gasteiger partial charge < -0.3 is 10.0 Å². The summed E-state index contributed by atoms with van der Waals surface area (Å²) in [4.78, 5) is 24.2. The third kappa shape index (κ3) is 1.01. The second-order valence-electron chi connectivity index (χ2n) is 2.83. The Hall–Kier alpha value is -1.20. The average Bonchev–Trinajstić information content (AvgIpc) is 2.64. The molecule has 1 aromatic rings. The van der Waals surface area contributed by atoms with Crippen molar-refractivity contribution in [1.29, 1.82) is 0 Å². The van der Waals surface area contributed by atoms with Crippen LogP contribution in [-0.2, 0) is 0 Å². The Balaban J connectivity index is 2.54. The number of carbonyl (C=O) groups is 2. The summed E-state index contributed by atoms with van der Waals surface area (Å²) in [5.41, 5.74) is 0.643. The third-order valence-corrected chi connectivity index (χ3v) is 3.12. The third-order valence-electron chi connectivity index (χ3n) is 2.05. The summed E-state index contributed by atoms with van der Waals surface area (Å²) in [6.07, 6.45) is -0.377. The second kappa shape index (κ2) is 2.65. The van der Waals surface area contributed by atoms with Gasteiger partial charge in [0.05, 0.1) is 15.4 Å². The van der Waals surface area contributed by atoms with Gasteiger partial charge in [0.25, 0.3) is 0 Å². The fourth-order valence-electron chi connectivity index (χ4n) is 1.32. The molecule has 0 spiro atoms. The molecule has 1 unspecified atom stereocenters. The highest BCUT2D eigenvalue weighted by Crippen LogP contribution is 2.36. The Bertz CT molecular complexity index is 385. The van der Waals surface area contributed by atoms with Gasteiger partial charge in [-0.1, -0.05) is 0 Å². The van der Waals surface area contributed by atoms with Crippen molar-refractivity contribution in [3.8, 4) is 0 Å². The molecule has 1 aliphatic rings. The molecule has 1 atom stereocenters. The molecule has 0 bridgehead atoms. The lowest BCUT2D eigenvalue weighted by Crippen LogP contribution is -2.31. The van der Waals surface area contributed by atoms with E-state index in [1.807, 2.05) is 0 Å². The van der Waals surface area contributed by atoms with E-state index in [0.29, 0.717) is 21.7 Å². The molecular formula is C8H7NO3S. The summed E-state index contributed by atoms with van der Waals surface area (Å²) in [7, 11) is 1.62. The zero-order valence-corrected chi connectivity index (χ0v) is 7.67. The van der Waals surface area contributed by atoms with E-state index in [0.717, 1.165) is 11.3 Å². The maximum atomic E-state index is 11.3. The highest BCUT2D eigenvalue weighted by molar-refractivity contribution is 7.16. The van der Waals surface area contributed by atoms with E-state index < -0.39 is 6.23 Å². The summed E-state index contributed by atoms with van der Waals surface area (Å²) in [5.74, 6) is -0.324. The molecule has 2 heterocycles. The lowest BCUT2D eigenvalue weighted by Gasteiger charge is -2.14. The first-order valence-corrected chi connectivity index (χ1v) is 4.51. The molecule has 0 aliphatic carbocycles. The standard InChI is InChI=1S/C8H7NO3S/c1-9-5-2-4(3-10)13-7(5)6(11)8(9)12/h2-3,8,12H,1H3.